The van der Waals surface area contributed by atoms with Gasteiger partial charge in [0.1, 0.15) is 0 Å². The van der Waals surface area contributed by atoms with Crippen LogP contribution in [0.15, 0.2) is 28.9 Å². The number of carbonyl (C=O) groups excluding carboxylic acids is 1. The number of rotatable bonds is 4. The number of ether oxygens (including phenoxy) is 1. The summed E-state index contributed by atoms with van der Waals surface area (Å²) in [6.07, 6.45) is 12.2. The fraction of sp³-hybridized carbons (Fsp3) is 0.652. The Morgan fingerprint density at radius 3 is 2.63 bits per heavy atom. The summed E-state index contributed by atoms with van der Waals surface area (Å²) in [7, 11) is 0. The molecule has 0 radical (unpaired) electrons. The van der Waals surface area contributed by atoms with E-state index in [1.807, 2.05) is 12.1 Å². The molecule has 0 bridgehead atoms. The smallest absolute Gasteiger partial charge is 0.247 e. The summed E-state index contributed by atoms with van der Waals surface area (Å²) < 4.78 is 11.8. The number of pyridine rings is 1. The van der Waals surface area contributed by atoms with Crippen molar-refractivity contribution >= 4 is 5.91 Å². The lowest BCUT2D eigenvalue weighted by atomic mass is 9.72. The molecule has 7 heteroatoms. The Balaban J connectivity index is 1.36. The Morgan fingerprint density at radius 1 is 1.10 bits per heavy atom. The SMILES string of the molecule is O=C(CC1CCCCC1)N1C[C@H](c2nnc(-c3ccncc3)o2)C2(CCOCC2)C1. The fourth-order valence-corrected chi connectivity index (χ4v) is 5.54. The third-order valence-electron chi connectivity index (χ3n) is 7.34. The Morgan fingerprint density at radius 2 is 1.87 bits per heavy atom. The minimum Gasteiger partial charge on any atom is -0.420 e. The molecule has 2 aromatic rings. The molecule has 7 nitrogen and oxygen atoms in total. The Hall–Kier alpha value is -2.28. The molecule has 0 unspecified atom stereocenters. The standard InChI is InChI=1S/C23H30N4O3/c28-20(14-17-4-2-1-3-5-17)27-15-19(23(16-27)8-12-29-13-9-23)22-26-25-21(30-22)18-6-10-24-11-7-18/h6-7,10-11,17,19H,1-5,8-9,12-16H2/t19-/m1/s1. The average Bonchev–Trinajstić information content (AvgIpc) is 3.41. The van der Waals surface area contributed by atoms with Crippen LogP contribution in [0.25, 0.3) is 11.5 Å². The molecular weight excluding hydrogens is 380 g/mol. The Bertz CT molecular complexity index is 856. The first kappa shape index (κ1) is 19.7. The number of carbonyl (C=O) groups is 1. The Labute approximate surface area is 177 Å². The molecule has 160 valence electrons. The van der Waals surface area contributed by atoms with Gasteiger partial charge in [-0.15, -0.1) is 10.2 Å². The van der Waals surface area contributed by atoms with E-state index in [1.54, 1.807) is 12.4 Å². The van der Waals surface area contributed by atoms with Crippen LogP contribution in [0.3, 0.4) is 0 Å². The van der Waals surface area contributed by atoms with Crippen LogP contribution in [0.1, 0.15) is 63.2 Å². The quantitative estimate of drug-likeness (QED) is 0.762. The zero-order valence-electron chi connectivity index (χ0n) is 17.5. The van der Waals surface area contributed by atoms with Gasteiger partial charge >= 0.3 is 0 Å². The van der Waals surface area contributed by atoms with E-state index < -0.39 is 0 Å². The van der Waals surface area contributed by atoms with Gasteiger partial charge in [0.2, 0.25) is 17.7 Å². The van der Waals surface area contributed by atoms with Crippen molar-refractivity contribution in [1.29, 1.82) is 0 Å². The first-order valence-electron chi connectivity index (χ1n) is 11.3. The lowest BCUT2D eigenvalue weighted by Gasteiger charge is -2.36. The lowest BCUT2D eigenvalue weighted by Crippen LogP contribution is -2.37. The minimum absolute atomic E-state index is 0.0253. The molecule has 3 aliphatic rings. The summed E-state index contributed by atoms with van der Waals surface area (Å²) in [6.45, 7) is 2.90. The van der Waals surface area contributed by atoms with Gasteiger partial charge in [-0.25, -0.2) is 0 Å². The third kappa shape index (κ3) is 3.87. The highest BCUT2D eigenvalue weighted by Crippen LogP contribution is 2.49. The van der Waals surface area contributed by atoms with Crippen molar-refractivity contribution in [3.8, 4) is 11.5 Å². The highest BCUT2D eigenvalue weighted by molar-refractivity contribution is 5.77. The molecule has 1 atom stereocenters. The van der Waals surface area contributed by atoms with Crippen molar-refractivity contribution in [3.05, 3.63) is 30.4 Å². The van der Waals surface area contributed by atoms with Crippen LogP contribution in [0.2, 0.25) is 0 Å². The van der Waals surface area contributed by atoms with Crippen molar-refractivity contribution in [2.45, 2.75) is 57.3 Å². The van der Waals surface area contributed by atoms with Gasteiger partial charge in [-0.2, -0.15) is 0 Å². The van der Waals surface area contributed by atoms with Crippen LogP contribution >= 0.6 is 0 Å². The van der Waals surface area contributed by atoms with Crippen LogP contribution < -0.4 is 0 Å². The highest BCUT2D eigenvalue weighted by atomic mass is 16.5. The largest absolute Gasteiger partial charge is 0.420 e. The van der Waals surface area contributed by atoms with Crippen LogP contribution in [0, 0.1) is 11.3 Å². The maximum Gasteiger partial charge on any atom is 0.247 e. The van der Waals surface area contributed by atoms with Gasteiger partial charge in [-0.3, -0.25) is 9.78 Å². The predicted molar refractivity (Wildman–Crippen MR) is 111 cm³/mol. The van der Waals surface area contributed by atoms with E-state index in [2.05, 4.69) is 20.1 Å². The fourth-order valence-electron chi connectivity index (χ4n) is 5.54. The lowest BCUT2D eigenvalue weighted by molar-refractivity contribution is -0.132. The molecule has 2 aromatic heterocycles. The van der Waals surface area contributed by atoms with Gasteiger partial charge in [0.25, 0.3) is 0 Å². The third-order valence-corrected chi connectivity index (χ3v) is 7.34. The number of hydrogen-bond acceptors (Lipinski definition) is 6. The molecule has 0 aromatic carbocycles. The van der Waals surface area contributed by atoms with Gasteiger partial charge in [0, 0.05) is 56.1 Å². The molecule has 1 amide bonds. The van der Waals surface area contributed by atoms with Crippen LogP contribution in [-0.2, 0) is 9.53 Å². The summed E-state index contributed by atoms with van der Waals surface area (Å²) in [5.41, 5.74) is 0.843. The molecule has 4 heterocycles. The van der Waals surface area contributed by atoms with Crippen molar-refractivity contribution in [3.63, 3.8) is 0 Å². The zero-order chi connectivity index (χ0) is 20.4. The molecule has 2 aliphatic heterocycles. The first-order chi connectivity index (χ1) is 14.7. The number of likely N-dealkylation sites (tertiary alicyclic amines) is 1. The first-order valence-corrected chi connectivity index (χ1v) is 11.3. The molecule has 5 rings (SSSR count). The second-order valence-electron chi connectivity index (χ2n) is 9.19. The van der Waals surface area contributed by atoms with Gasteiger partial charge in [0.05, 0.1) is 5.92 Å². The molecule has 1 spiro atoms. The van der Waals surface area contributed by atoms with E-state index in [-0.39, 0.29) is 11.3 Å². The van der Waals surface area contributed by atoms with Crippen molar-refractivity contribution in [1.82, 2.24) is 20.1 Å². The second kappa shape index (κ2) is 8.46. The van der Waals surface area contributed by atoms with E-state index in [9.17, 15) is 4.79 Å². The van der Waals surface area contributed by atoms with Crippen molar-refractivity contribution < 1.29 is 13.9 Å². The van der Waals surface area contributed by atoms with Gasteiger partial charge in [0.15, 0.2) is 0 Å². The summed E-state index contributed by atoms with van der Waals surface area (Å²) in [6, 6.07) is 3.74. The van der Waals surface area contributed by atoms with Gasteiger partial charge < -0.3 is 14.1 Å². The minimum atomic E-state index is -0.0253. The van der Waals surface area contributed by atoms with E-state index in [4.69, 9.17) is 9.15 Å². The monoisotopic (exact) mass is 410 g/mol. The highest BCUT2D eigenvalue weighted by Gasteiger charge is 2.51. The van der Waals surface area contributed by atoms with E-state index in [0.29, 0.717) is 36.6 Å². The van der Waals surface area contributed by atoms with Gasteiger partial charge in [-0.1, -0.05) is 19.3 Å². The van der Waals surface area contributed by atoms with Crippen LogP contribution in [0.4, 0.5) is 0 Å². The maximum atomic E-state index is 13.2. The van der Waals surface area contributed by atoms with Crippen LogP contribution in [-0.4, -0.2) is 52.3 Å². The van der Waals surface area contributed by atoms with Crippen molar-refractivity contribution in [2.75, 3.05) is 26.3 Å². The van der Waals surface area contributed by atoms with Crippen molar-refractivity contribution in [2.24, 2.45) is 11.3 Å². The second-order valence-corrected chi connectivity index (χ2v) is 9.19. The summed E-state index contributed by atoms with van der Waals surface area (Å²) >= 11 is 0. The molecule has 1 aliphatic carbocycles. The summed E-state index contributed by atoms with van der Waals surface area (Å²) in [5, 5.41) is 8.71. The maximum absolute atomic E-state index is 13.2. The molecule has 0 N–H and O–H groups in total. The number of aromatic nitrogens is 3. The van der Waals surface area contributed by atoms with E-state index in [0.717, 1.165) is 38.2 Å². The molecule has 3 fully saturated rings. The van der Waals surface area contributed by atoms with Crippen LogP contribution in [0.5, 0.6) is 0 Å². The zero-order valence-corrected chi connectivity index (χ0v) is 17.5. The number of amides is 1. The van der Waals surface area contributed by atoms with E-state index in [1.165, 1.54) is 32.1 Å². The normalized spacial score (nSPS) is 24.4. The topological polar surface area (TPSA) is 81.4 Å². The molecule has 30 heavy (non-hydrogen) atoms. The predicted octanol–water partition coefficient (Wildman–Crippen LogP) is 3.82. The Kier molecular flexibility index (Phi) is 5.54. The van der Waals surface area contributed by atoms with E-state index >= 15 is 0 Å². The summed E-state index contributed by atoms with van der Waals surface area (Å²) in [4.78, 5) is 19.3. The number of hydrogen-bond donors (Lipinski definition) is 0. The molecule has 1 saturated carbocycles. The summed E-state index contributed by atoms with van der Waals surface area (Å²) in [5.74, 6) is 2.08. The number of nitrogens with zero attached hydrogens (tertiary/aromatic N) is 4. The average molecular weight is 411 g/mol. The molecule has 2 saturated heterocycles. The van der Waals surface area contributed by atoms with Gasteiger partial charge in [-0.05, 0) is 43.7 Å². The molecular formula is C23H30N4O3.